The molecule has 0 saturated carbocycles. The van der Waals surface area contributed by atoms with E-state index in [0.717, 1.165) is 24.3 Å². The molecule has 1 unspecified atom stereocenters. The van der Waals surface area contributed by atoms with Crippen molar-refractivity contribution in [2.45, 2.75) is 25.4 Å². The van der Waals surface area contributed by atoms with E-state index in [0.29, 0.717) is 0 Å². The van der Waals surface area contributed by atoms with Gasteiger partial charge in [0.05, 0.1) is 16.3 Å². The Kier molecular flexibility index (Phi) is 3.04. The minimum absolute atomic E-state index is 0.169. The van der Waals surface area contributed by atoms with Crippen molar-refractivity contribution in [3.05, 3.63) is 108 Å². The van der Waals surface area contributed by atoms with Crippen LogP contribution >= 0.6 is 0 Å². The van der Waals surface area contributed by atoms with Crippen LogP contribution in [0, 0.1) is 6.92 Å². The molecule has 0 bridgehead atoms. The highest BCUT2D eigenvalue weighted by molar-refractivity contribution is 6.32. The van der Waals surface area contributed by atoms with E-state index in [4.69, 9.17) is 4.42 Å². The van der Waals surface area contributed by atoms with Crippen LogP contribution in [0.25, 0.3) is 54.9 Å². The Balaban J connectivity index is 1.52. The van der Waals surface area contributed by atoms with Gasteiger partial charge in [-0.3, -0.25) is 0 Å². The number of hydrogen-bond acceptors (Lipinski definition) is 1. The monoisotopic (exact) mass is 450 g/mol. The molecular formula is C32H22N2O+2. The van der Waals surface area contributed by atoms with Crippen molar-refractivity contribution in [2.24, 2.45) is 0 Å². The van der Waals surface area contributed by atoms with E-state index >= 15 is 0 Å². The molecule has 0 radical (unpaired) electrons. The molecule has 0 saturated heterocycles. The van der Waals surface area contributed by atoms with Gasteiger partial charge in [0.15, 0.2) is 25.5 Å². The fourth-order valence-corrected chi connectivity index (χ4v) is 7.35. The summed E-state index contributed by atoms with van der Waals surface area (Å²) < 4.78 is 11.4. The first kappa shape index (κ1) is 18.1. The van der Waals surface area contributed by atoms with Crippen LogP contribution in [0.5, 0.6) is 0 Å². The van der Waals surface area contributed by atoms with Gasteiger partial charge in [0, 0.05) is 33.9 Å². The summed E-state index contributed by atoms with van der Waals surface area (Å²) in [4.78, 5) is 0. The first-order chi connectivity index (χ1) is 17.2. The maximum Gasteiger partial charge on any atom is 0.221 e. The van der Waals surface area contributed by atoms with Crippen molar-refractivity contribution >= 4 is 43.6 Å². The SMILES string of the molecule is Cc1ccc[n+]2c1-c1ccccc1C1(C2)C[n+]2cccc3c4cccc5oc6ccc1c(c6c54)c32. The molecule has 3 heteroatoms. The van der Waals surface area contributed by atoms with E-state index in [2.05, 4.69) is 107 Å². The summed E-state index contributed by atoms with van der Waals surface area (Å²) in [7, 11) is 0. The minimum atomic E-state index is -0.169. The molecule has 0 fully saturated rings. The van der Waals surface area contributed by atoms with E-state index in [1.165, 1.54) is 60.4 Å². The molecule has 3 nitrogen and oxygen atoms in total. The van der Waals surface area contributed by atoms with E-state index in [1.54, 1.807) is 0 Å². The smallest absolute Gasteiger partial charge is 0.221 e. The molecule has 0 amide bonds. The van der Waals surface area contributed by atoms with E-state index in [1.807, 2.05) is 0 Å². The molecule has 2 aliphatic heterocycles. The van der Waals surface area contributed by atoms with Gasteiger partial charge in [-0.15, -0.1) is 0 Å². The van der Waals surface area contributed by atoms with Gasteiger partial charge in [0.2, 0.25) is 11.2 Å². The van der Waals surface area contributed by atoms with E-state index < -0.39 is 0 Å². The summed E-state index contributed by atoms with van der Waals surface area (Å²) in [6, 6.07) is 29.0. The van der Waals surface area contributed by atoms with Crippen molar-refractivity contribution in [1.29, 1.82) is 0 Å². The largest absolute Gasteiger partial charge is 0.456 e. The summed E-state index contributed by atoms with van der Waals surface area (Å²) in [6.45, 7) is 4.06. The first-order valence-corrected chi connectivity index (χ1v) is 12.4. The normalized spacial score (nSPS) is 18.3. The summed E-state index contributed by atoms with van der Waals surface area (Å²) in [5.74, 6) is 0. The predicted molar refractivity (Wildman–Crippen MR) is 138 cm³/mol. The molecule has 9 rings (SSSR count). The molecule has 5 heterocycles. The Morgan fingerprint density at radius 3 is 2.43 bits per heavy atom. The van der Waals surface area contributed by atoms with Crippen LogP contribution in [0.1, 0.15) is 16.7 Å². The molecule has 35 heavy (non-hydrogen) atoms. The third-order valence-corrected chi connectivity index (χ3v) is 8.63. The number of pyridine rings is 2. The van der Waals surface area contributed by atoms with Crippen molar-refractivity contribution in [3.63, 3.8) is 0 Å². The molecule has 0 aliphatic carbocycles. The number of rotatable bonds is 0. The Hall–Kier alpha value is -4.24. The van der Waals surface area contributed by atoms with Gasteiger partial charge in [-0.25, -0.2) is 0 Å². The van der Waals surface area contributed by atoms with Gasteiger partial charge in [-0.1, -0.05) is 36.4 Å². The van der Waals surface area contributed by atoms with Gasteiger partial charge >= 0.3 is 0 Å². The Labute approximate surface area is 201 Å². The quantitative estimate of drug-likeness (QED) is 0.199. The van der Waals surface area contributed by atoms with Crippen LogP contribution in [0.4, 0.5) is 0 Å². The van der Waals surface area contributed by atoms with Gasteiger partial charge < -0.3 is 4.42 Å². The zero-order valence-electron chi connectivity index (χ0n) is 19.4. The average Bonchev–Trinajstić information content (AvgIpc) is 3.27. The Morgan fingerprint density at radius 1 is 0.657 bits per heavy atom. The molecule has 0 N–H and O–H groups in total. The summed E-state index contributed by atoms with van der Waals surface area (Å²) in [5, 5.41) is 6.48. The van der Waals surface area contributed by atoms with Crippen LogP contribution in [0.2, 0.25) is 0 Å². The number of hydrogen-bond donors (Lipinski definition) is 0. The lowest BCUT2D eigenvalue weighted by atomic mass is 9.66. The second-order valence-electron chi connectivity index (χ2n) is 10.3. The van der Waals surface area contributed by atoms with E-state index in [-0.39, 0.29) is 5.41 Å². The lowest BCUT2D eigenvalue weighted by Gasteiger charge is -2.37. The molecule has 4 aromatic carbocycles. The topological polar surface area (TPSA) is 20.9 Å². The summed E-state index contributed by atoms with van der Waals surface area (Å²) >= 11 is 0. The second kappa shape index (κ2) is 5.87. The Bertz CT molecular complexity index is 2030. The maximum atomic E-state index is 6.41. The lowest BCUT2D eigenvalue weighted by Crippen LogP contribution is -2.59. The van der Waals surface area contributed by atoms with E-state index in [9.17, 15) is 0 Å². The third-order valence-electron chi connectivity index (χ3n) is 8.63. The zero-order valence-corrected chi connectivity index (χ0v) is 19.4. The minimum Gasteiger partial charge on any atom is -0.456 e. The molecular weight excluding hydrogens is 428 g/mol. The number of aromatic nitrogens is 2. The van der Waals surface area contributed by atoms with Crippen molar-refractivity contribution in [3.8, 4) is 11.3 Å². The van der Waals surface area contributed by atoms with Crippen LogP contribution in [0.15, 0.2) is 95.7 Å². The number of nitrogens with zero attached hydrogens (tertiary/aromatic N) is 2. The zero-order chi connectivity index (χ0) is 22.9. The first-order valence-electron chi connectivity index (χ1n) is 12.4. The van der Waals surface area contributed by atoms with Crippen LogP contribution < -0.4 is 9.13 Å². The van der Waals surface area contributed by atoms with Gasteiger partial charge in [-0.05, 0) is 48.4 Å². The number of fused-ring (bicyclic) bond motifs is 6. The molecule has 1 spiro atoms. The van der Waals surface area contributed by atoms with Gasteiger partial charge in [0.25, 0.3) is 0 Å². The maximum absolute atomic E-state index is 6.41. The van der Waals surface area contributed by atoms with Gasteiger partial charge in [0.1, 0.15) is 16.6 Å². The van der Waals surface area contributed by atoms with Crippen molar-refractivity contribution in [1.82, 2.24) is 0 Å². The van der Waals surface area contributed by atoms with Crippen molar-refractivity contribution < 1.29 is 13.6 Å². The van der Waals surface area contributed by atoms with Crippen LogP contribution in [0.3, 0.4) is 0 Å². The second-order valence-corrected chi connectivity index (χ2v) is 10.3. The van der Waals surface area contributed by atoms with Crippen LogP contribution in [-0.2, 0) is 18.5 Å². The number of benzene rings is 4. The van der Waals surface area contributed by atoms with Crippen molar-refractivity contribution in [2.75, 3.05) is 0 Å². The fourth-order valence-electron chi connectivity index (χ4n) is 7.35. The summed E-state index contributed by atoms with van der Waals surface area (Å²) in [5.41, 5.74) is 9.97. The molecule has 164 valence electrons. The molecule has 1 atom stereocenters. The third kappa shape index (κ3) is 1.97. The fraction of sp³-hybridized carbons (Fsp3) is 0.125. The highest BCUT2D eigenvalue weighted by Crippen LogP contribution is 2.51. The predicted octanol–water partition coefficient (Wildman–Crippen LogP) is 6.19. The summed E-state index contributed by atoms with van der Waals surface area (Å²) in [6.07, 6.45) is 4.53. The lowest BCUT2D eigenvalue weighted by molar-refractivity contribution is -0.725. The standard InChI is InChI=1S/C32H22N2O/c1-19-7-5-15-33-17-32(23-11-3-2-8-22(23)30(19)33)18-34-16-6-10-21-20-9-4-12-25-27(20)29-26(35-25)14-13-24(32)28(29)31(21)34/h2-16H,17-18H2,1H3/q+2. The number of furan rings is 1. The van der Waals surface area contributed by atoms with Gasteiger partial charge in [-0.2, -0.15) is 9.13 Å². The molecule has 2 aliphatic rings. The Morgan fingerprint density at radius 2 is 1.46 bits per heavy atom. The highest BCUT2D eigenvalue weighted by Gasteiger charge is 2.52. The highest BCUT2D eigenvalue weighted by atomic mass is 16.3. The molecule has 3 aromatic heterocycles. The molecule has 7 aromatic rings. The number of aryl methyl sites for hydroxylation is 1. The average molecular weight is 451 g/mol. The van der Waals surface area contributed by atoms with Crippen LogP contribution in [-0.4, -0.2) is 0 Å².